The van der Waals surface area contributed by atoms with Crippen LogP contribution in [0.1, 0.15) is 40.1 Å². The van der Waals surface area contributed by atoms with Crippen LogP contribution in [0.4, 0.5) is 0 Å². The largest absolute Gasteiger partial charge is 0.469 e. The minimum atomic E-state index is -0.374. The molecular formula is C17H21N3O3. The maximum Gasteiger partial charge on any atom is 0.310 e. The third-order valence-electron chi connectivity index (χ3n) is 3.91. The zero-order valence-electron chi connectivity index (χ0n) is 13.8. The van der Waals surface area contributed by atoms with Crippen molar-refractivity contribution in [2.45, 2.75) is 26.3 Å². The summed E-state index contributed by atoms with van der Waals surface area (Å²) in [7, 11) is 3.19. The number of amides is 1. The van der Waals surface area contributed by atoms with Gasteiger partial charge in [0.15, 0.2) is 0 Å². The van der Waals surface area contributed by atoms with E-state index in [2.05, 4.69) is 15.2 Å². The van der Waals surface area contributed by atoms with Gasteiger partial charge >= 0.3 is 5.97 Å². The van der Waals surface area contributed by atoms with Crippen molar-refractivity contribution in [3.8, 4) is 0 Å². The number of carbonyl (C=O) groups is 2. The van der Waals surface area contributed by atoms with Gasteiger partial charge in [-0.05, 0) is 25.5 Å². The molecule has 0 radical (unpaired) electrons. The van der Waals surface area contributed by atoms with E-state index in [1.807, 2.05) is 20.9 Å². The Labute approximate surface area is 135 Å². The van der Waals surface area contributed by atoms with Crippen molar-refractivity contribution in [3.05, 3.63) is 52.8 Å². The van der Waals surface area contributed by atoms with Crippen LogP contribution < -0.4 is 5.32 Å². The Morgan fingerprint density at radius 3 is 2.65 bits per heavy atom. The van der Waals surface area contributed by atoms with Crippen LogP contribution in [-0.2, 0) is 23.0 Å². The van der Waals surface area contributed by atoms with E-state index in [9.17, 15) is 9.59 Å². The highest BCUT2D eigenvalue weighted by Crippen LogP contribution is 2.18. The Kier molecular flexibility index (Phi) is 5.16. The lowest BCUT2D eigenvalue weighted by molar-refractivity contribution is -0.139. The number of esters is 1. The molecule has 0 spiro atoms. The highest BCUT2D eigenvalue weighted by Gasteiger charge is 2.18. The fraction of sp³-hybridized carbons (Fsp3) is 0.353. The number of aryl methyl sites for hydroxylation is 1. The van der Waals surface area contributed by atoms with E-state index in [0.717, 1.165) is 11.3 Å². The van der Waals surface area contributed by atoms with Gasteiger partial charge < -0.3 is 10.1 Å². The highest BCUT2D eigenvalue weighted by atomic mass is 16.5. The first kappa shape index (κ1) is 16.7. The second-order valence-electron chi connectivity index (χ2n) is 5.41. The van der Waals surface area contributed by atoms with Gasteiger partial charge in [0.2, 0.25) is 0 Å². The summed E-state index contributed by atoms with van der Waals surface area (Å²) in [6, 6.07) is 6.85. The predicted molar refractivity (Wildman–Crippen MR) is 86.0 cm³/mol. The number of hydrogen-bond acceptors (Lipinski definition) is 4. The van der Waals surface area contributed by atoms with E-state index in [0.29, 0.717) is 11.1 Å². The molecule has 1 aromatic heterocycles. The molecular weight excluding hydrogens is 294 g/mol. The van der Waals surface area contributed by atoms with Gasteiger partial charge in [-0.15, -0.1) is 0 Å². The van der Waals surface area contributed by atoms with Crippen LogP contribution in [0, 0.1) is 6.92 Å². The summed E-state index contributed by atoms with van der Waals surface area (Å²) in [4.78, 5) is 24.0. The van der Waals surface area contributed by atoms with Crippen LogP contribution in [0.2, 0.25) is 0 Å². The molecule has 1 heterocycles. The van der Waals surface area contributed by atoms with Crippen LogP contribution in [0.5, 0.6) is 0 Å². The van der Waals surface area contributed by atoms with Crippen LogP contribution >= 0.6 is 0 Å². The van der Waals surface area contributed by atoms with E-state index in [4.69, 9.17) is 0 Å². The summed E-state index contributed by atoms with van der Waals surface area (Å²) in [5, 5.41) is 7.14. The zero-order chi connectivity index (χ0) is 17.0. The van der Waals surface area contributed by atoms with Crippen molar-refractivity contribution in [3.63, 3.8) is 0 Å². The van der Waals surface area contributed by atoms with E-state index >= 15 is 0 Å². The Bertz CT molecular complexity index is 722. The van der Waals surface area contributed by atoms with Crippen LogP contribution in [0.15, 0.2) is 30.5 Å². The van der Waals surface area contributed by atoms with E-state index in [1.54, 1.807) is 35.1 Å². The minimum absolute atomic E-state index is 0.0698. The topological polar surface area (TPSA) is 73.2 Å². The Morgan fingerprint density at radius 2 is 2.04 bits per heavy atom. The number of nitrogens with zero attached hydrogens (tertiary/aromatic N) is 2. The molecule has 6 heteroatoms. The maximum absolute atomic E-state index is 12.5. The molecule has 0 aliphatic heterocycles. The smallest absolute Gasteiger partial charge is 0.310 e. The lowest BCUT2D eigenvalue weighted by Crippen LogP contribution is -2.28. The molecule has 2 aromatic rings. The van der Waals surface area contributed by atoms with Crippen molar-refractivity contribution >= 4 is 11.9 Å². The first-order valence-electron chi connectivity index (χ1n) is 7.38. The molecule has 1 N–H and O–H groups in total. The number of ether oxygens (including phenoxy) is 1. The SMILES string of the molecule is COC(=O)Cc1ccccc1C(=O)N[C@H](C)c1cnn(C)c1C. The number of nitrogens with one attached hydrogen (secondary N) is 1. The molecule has 6 nitrogen and oxygen atoms in total. The average molecular weight is 315 g/mol. The second kappa shape index (κ2) is 7.09. The second-order valence-corrected chi connectivity index (χ2v) is 5.41. The first-order chi connectivity index (χ1) is 10.9. The van der Waals surface area contributed by atoms with Gasteiger partial charge in [-0.25, -0.2) is 0 Å². The van der Waals surface area contributed by atoms with Gasteiger partial charge in [-0.1, -0.05) is 18.2 Å². The number of carbonyl (C=O) groups excluding carboxylic acids is 2. The van der Waals surface area contributed by atoms with Gasteiger partial charge in [-0.3, -0.25) is 14.3 Å². The van der Waals surface area contributed by atoms with Crippen molar-refractivity contribution < 1.29 is 14.3 Å². The zero-order valence-corrected chi connectivity index (χ0v) is 13.8. The number of hydrogen-bond donors (Lipinski definition) is 1. The quantitative estimate of drug-likeness (QED) is 0.856. The van der Waals surface area contributed by atoms with Crippen LogP contribution in [0.25, 0.3) is 0 Å². The van der Waals surface area contributed by atoms with E-state index < -0.39 is 0 Å². The van der Waals surface area contributed by atoms with Gasteiger partial charge in [0, 0.05) is 23.9 Å². The number of aromatic nitrogens is 2. The van der Waals surface area contributed by atoms with Gasteiger partial charge in [0.05, 0.1) is 25.8 Å². The molecule has 2 rings (SSSR count). The molecule has 0 aliphatic carbocycles. The molecule has 0 aliphatic rings. The molecule has 0 unspecified atom stereocenters. The number of methoxy groups -OCH3 is 1. The molecule has 0 saturated carbocycles. The first-order valence-corrected chi connectivity index (χ1v) is 7.38. The maximum atomic E-state index is 12.5. The Hall–Kier alpha value is -2.63. The standard InChI is InChI=1S/C17H21N3O3/c1-11(15-10-18-20(3)12(15)2)19-17(22)14-8-6-5-7-13(14)9-16(21)23-4/h5-8,10-11H,9H2,1-4H3,(H,19,22)/t11-/m1/s1. The van der Waals surface area contributed by atoms with Gasteiger partial charge in [-0.2, -0.15) is 5.10 Å². The molecule has 23 heavy (non-hydrogen) atoms. The molecule has 0 fully saturated rings. The van der Waals surface area contributed by atoms with Crippen molar-refractivity contribution in [2.75, 3.05) is 7.11 Å². The summed E-state index contributed by atoms with van der Waals surface area (Å²) < 4.78 is 6.44. The lowest BCUT2D eigenvalue weighted by Gasteiger charge is -2.15. The Balaban J connectivity index is 2.17. The monoisotopic (exact) mass is 315 g/mol. The molecule has 1 atom stereocenters. The summed E-state index contributed by atoms with van der Waals surface area (Å²) in [5.74, 6) is -0.596. The van der Waals surface area contributed by atoms with Gasteiger partial charge in [0.1, 0.15) is 0 Å². The minimum Gasteiger partial charge on any atom is -0.469 e. The average Bonchev–Trinajstić information content (AvgIpc) is 2.87. The van der Waals surface area contributed by atoms with Crippen LogP contribution in [-0.4, -0.2) is 28.8 Å². The number of benzene rings is 1. The fourth-order valence-corrected chi connectivity index (χ4v) is 2.42. The van der Waals surface area contributed by atoms with E-state index in [-0.39, 0.29) is 24.3 Å². The predicted octanol–water partition coefficient (Wildman–Crippen LogP) is 1.94. The number of rotatable bonds is 5. The summed E-state index contributed by atoms with van der Waals surface area (Å²) in [5.41, 5.74) is 3.09. The van der Waals surface area contributed by atoms with Gasteiger partial charge in [0.25, 0.3) is 5.91 Å². The molecule has 1 aromatic carbocycles. The van der Waals surface area contributed by atoms with Crippen molar-refractivity contribution in [1.82, 2.24) is 15.1 Å². The third kappa shape index (κ3) is 3.77. The molecule has 0 saturated heterocycles. The third-order valence-corrected chi connectivity index (χ3v) is 3.91. The molecule has 1 amide bonds. The van der Waals surface area contributed by atoms with Crippen molar-refractivity contribution in [1.29, 1.82) is 0 Å². The van der Waals surface area contributed by atoms with Crippen LogP contribution in [0.3, 0.4) is 0 Å². The summed E-state index contributed by atoms with van der Waals surface area (Å²) in [6.45, 7) is 3.86. The Morgan fingerprint density at radius 1 is 1.35 bits per heavy atom. The normalized spacial score (nSPS) is 11.8. The lowest BCUT2D eigenvalue weighted by atomic mass is 10.0. The summed E-state index contributed by atoms with van der Waals surface area (Å²) in [6.07, 6.45) is 1.82. The highest BCUT2D eigenvalue weighted by molar-refractivity contribution is 5.97. The van der Waals surface area contributed by atoms with Crippen molar-refractivity contribution in [2.24, 2.45) is 7.05 Å². The molecule has 122 valence electrons. The fourth-order valence-electron chi connectivity index (χ4n) is 2.42. The summed E-state index contributed by atoms with van der Waals surface area (Å²) >= 11 is 0. The molecule has 0 bridgehead atoms. The van der Waals surface area contributed by atoms with E-state index in [1.165, 1.54) is 7.11 Å².